The van der Waals surface area contributed by atoms with Crippen LogP contribution in [0.2, 0.25) is 0 Å². The van der Waals surface area contributed by atoms with Gasteiger partial charge in [0.2, 0.25) is 5.91 Å². The van der Waals surface area contributed by atoms with E-state index in [1.807, 2.05) is 49.1 Å². The van der Waals surface area contributed by atoms with Crippen LogP contribution in [0.1, 0.15) is 68.4 Å². The van der Waals surface area contributed by atoms with Gasteiger partial charge in [0.25, 0.3) is 5.91 Å². The summed E-state index contributed by atoms with van der Waals surface area (Å²) in [7, 11) is 2.56. The van der Waals surface area contributed by atoms with Crippen LogP contribution in [0.3, 0.4) is 0 Å². The highest BCUT2D eigenvalue weighted by atomic mass is 16.5. The average molecular weight is 864 g/mol. The van der Waals surface area contributed by atoms with E-state index in [2.05, 4.69) is 93.0 Å². The third-order valence-corrected chi connectivity index (χ3v) is 12.3. The maximum absolute atomic E-state index is 14.2. The van der Waals surface area contributed by atoms with Gasteiger partial charge in [0.05, 0.1) is 50.1 Å². The Bertz CT molecular complexity index is 2640. The molecule has 15 heteroatoms. The number of hydrogen-bond donors (Lipinski definition) is 4. The van der Waals surface area contributed by atoms with Crippen LogP contribution in [0.25, 0.3) is 44.4 Å². The zero-order valence-corrected chi connectivity index (χ0v) is 36.4. The van der Waals surface area contributed by atoms with E-state index >= 15 is 0 Å². The molecule has 2 aliphatic heterocycles. The Balaban J connectivity index is 0.964. The molecule has 2 aromatic heterocycles. The van der Waals surface area contributed by atoms with E-state index in [1.54, 1.807) is 17.3 Å². The summed E-state index contributed by atoms with van der Waals surface area (Å²) < 4.78 is 9.64. The number of aromatic amines is 2. The van der Waals surface area contributed by atoms with Crippen LogP contribution in [-0.2, 0) is 19.1 Å². The lowest BCUT2D eigenvalue weighted by molar-refractivity contribution is -0.136. The summed E-state index contributed by atoms with van der Waals surface area (Å²) in [6.45, 7) is 9.02. The molecule has 2 saturated heterocycles. The lowest BCUT2D eigenvalue weighted by Gasteiger charge is -2.30. The Kier molecular flexibility index (Phi) is 12.9. The van der Waals surface area contributed by atoms with Crippen LogP contribution < -0.4 is 10.6 Å². The number of hydrogen-bond acceptors (Lipinski definition) is 9. The minimum absolute atomic E-state index is 0.0772. The Morgan fingerprint density at radius 2 is 1.34 bits per heavy atom. The van der Waals surface area contributed by atoms with E-state index in [0.717, 1.165) is 63.1 Å². The second-order valence-corrected chi connectivity index (χ2v) is 16.8. The van der Waals surface area contributed by atoms with Gasteiger partial charge in [-0.1, -0.05) is 92.7 Å². The average Bonchev–Trinajstić information content (AvgIpc) is 4.17. The number of methoxy groups -OCH3 is 2. The van der Waals surface area contributed by atoms with Gasteiger partial charge >= 0.3 is 12.2 Å². The number of fused-ring (bicyclic) bond motifs is 1. The number of nitrogens with one attached hydrogen (secondary N) is 4. The molecule has 2 aliphatic rings. The molecule has 0 saturated carbocycles. The molecule has 4 amide bonds. The fraction of sp³-hybridized carbons (Fsp3) is 0.327. The molecule has 330 valence electrons. The summed E-state index contributed by atoms with van der Waals surface area (Å²) in [6.07, 6.45) is 4.54. The smallest absolute Gasteiger partial charge is 0.407 e. The van der Waals surface area contributed by atoms with Gasteiger partial charge in [-0.3, -0.25) is 9.59 Å². The largest absolute Gasteiger partial charge is 0.453 e. The number of likely N-dealkylation sites (tertiary alicyclic amines) is 2. The van der Waals surface area contributed by atoms with Crippen molar-refractivity contribution in [2.75, 3.05) is 33.9 Å². The van der Waals surface area contributed by atoms with Gasteiger partial charge in [0.1, 0.15) is 23.7 Å². The van der Waals surface area contributed by atoms with Crippen LogP contribution in [0.5, 0.6) is 0 Å². The maximum Gasteiger partial charge on any atom is 0.407 e. The molecule has 0 aliphatic carbocycles. The molecule has 0 bridgehead atoms. The first-order chi connectivity index (χ1) is 31.0. The second kappa shape index (κ2) is 19.0. The molecular formula is C49H53N9O6. The van der Waals surface area contributed by atoms with E-state index in [9.17, 15) is 19.2 Å². The van der Waals surface area contributed by atoms with Crippen molar-refractivity contribution in [3.63, 3.8) is 0 Å². The van der Waals surface area contributed by atoms with Crippen LogP contribution >= 0.6 is 0 Å². The molecular weight excluding hydrogens is 811 g/mol. The monoisotopic (exact) mass is 863 g/mol. The number of ether oxygens (including phenoxy) is 2. The Morgan fingerprint density at radius 1 is 0.750 bits per heavy atom. The quantitative estimate of drug-likeness (QED) is 0.0841. The van der Waals surface area contributed by atoms with E-state index in [-0.39, 0.29) is 35.7 Å². The number of alkyl carbamates (subject to hydrolysis) is 2. The molecule has 2 fully saturated rings. The normalized spacial score (nSPS) is 18.2. The minimum atomic E-state index is -0.939. The summed E-state index contributed by atoms with van der Waals surface area (Å²) in [5, 5.41) is 7.58. The highest BCUT2D eigenvalue weighted by Crippen LogP contribution is 2.38. The number of imidazole rings is 2. The van der Waals surface area contributed by atoms with Crippen molar-refractivity contribution in [3.8, 4) is 33.6 Å². The van der Waals surface area contributed by atoms with Crippen molar-refractivity contribution in [3.05, 3.63) is 121 Å². The molecule has 0 radical (unpaired) electrons. The lowest BCUT2D eigenvalue weighted by atomic mass is 9.98. The lowest BCUT2D eigenvalue weighted by Crippen LogP contribution is -2.51. The summed E-state index contributed by atoms with van der Waals surface area (Å²) >= 11 is 0. The van der Waals surface area contributed by atoms with Crippen molar-refractivity contribution >= 4 is 41.5 Å². The van der Waals surface area contributed by atoms with Gasteiger partial charge in [0, 0.05) is 25.2 Å². The van der Waals surface area contributed by atoms with Gasteiger partial charge < -0.3 is 44.9 Å². The fourth-order valence-electron chi connectivity index (χ4n) is 8.95. The van der Waals surface area contributed by atoms with Gasteiger partial charge in [-0.05, 0) is 83.0 Å². The van der Waals surface area contributed by atoms with Crippen LogP contribution in [0, 0.1) is 11.8 Å². The molecule has 4 N–H and O–H groups in total. The molecule has 15 nitrogen and oxygen atoms in total. The standard InChI is InChI=1S/C49H53N9O6/c1-29(2)42(55-48(61)63-4)46(59)57-21-9-12-40(57)44-51-26-38(53-44)32-15-13-31(14-16-32)34-17-18-36-24-37(20-19-35(36)23-34)39-27-52-45(54-39)41-22-30(25-50-3)28-58(41)47(60)43(56-49(62)64-5)33-10-7-6-8-11-33/h6-8,10-11,13-20,23-24,26-27,29-30,40-43H,3,9,12,21-22,25,28H2,1-2,4-5H3,(H,51,53)(H,52,54)(H,55,61)(H,56,62)/t30-,40+,41+,42+,43-/m1/s1. The van der Waals surface area contributed by atoms with E-state index in [1.165, 1.54) is 14.2 Å². The van der Waals surface area contributed by atoms with E-state index in [0.29, 0.717) is 37.4 Å². The van der Waals surface area contributed by atoms with Gasteiger partial charge in [0.15, 0.2) is 0 Å². The SMILES string of the molecule is C=NC[C@H]1C[C@@H](c2ncc(-c3ccc4cc(-c5ccc(-c6cnc([C@@H]7CCCN7C(=O)[C@@H](NC(=O)OC)C(C)C)[nH]6)cc5)ccc4c3)[nH]2)N(C(=O)[C@H](NC(=O)OC)c2ccccc2)C1. The van der Waals surface area contributed by atoms with E-state index in [4.69, 9.17) is 19.4 Å². The van der Waals surface area contributed by atoms with Gasteiger partial charge in [-0.15, -0.1) is 0 Å². The van der Waals surface area contributed by atoms with Gasteiger partial charge in [-0.25, -0.2) is 19.6 Å². The highest BCUT2D eigenvalue weighted by Gasteiger charge is 2.41. The number of rotatable bonds is 13. The summed E-state index contributed by atoms with van der Waals surface area (Å²) in [6, 6.07) is 27.9. The predicted molar refractivity (Wildman–Crippen MR) is 244 cm³/mol. The first kappa shape index (κ1) is 43.4. The third kappa shape index (κ3) is 9.10. The second-order valence-electron chi connectivity index (χ2n) is 16.8. The molecule has 8 rings (SSSR count). The Hall–Kier alpha value is -7.29. The fourth-order valence-corrected chi connectivity index (χ4v) is 8.95. The Morgan fingerprint density at radius 3 is 2.00 bits per heavy atom. The first-order valence-corrected chi connectivity index (χ1v) is 21.6. The number of H-pyrrole nitrogens is 2. The van der Waals surface area contributed by atoms with E-state index < -0.39 is 24.3 Å². The van der Waals surface area contributed by atoms with Crippen LogP contribution in [0.15, 0.2) is 108 Å². The summed E-state index contributed by atoms with van der Waals surface area (Å²) in [5.41, 5.74) is 6.41. The topological polar surface area (TPSA) is 187 Å². The number of amides is 4. The molecule has 6 aromatic rings. The van der Waals surface area contributed by atoms with Crippen LogP contribution in [0.4, 0.5) is 9.59 Å². The first-order valence-electron chi connectivity index (χ1n) is 21.6. The molecule has 4 heterocycles. The minimum Gasteiger partial charge on any atom is -0.453 e. The maximum atomic E-state index is 14.2. The number of aliphatic imine (C=N–C) groups is 1. The Labute approximate surface area is 371 Å². The van der Waals surface area contributed by atoms with Crippen molar-refractivity contribution in [2.24, 2.45) is 16.8 Å². The number of carbonyl (C=O) groups excluding carboxylic acids is 4. The number of aromatic nitrogens is 4. The number of nitrogens with zero attached hydrogens (tertiary/aromatic N) is 5. The number of benzene rings is 4. The number of carbonyl (C=O) groups is 4. The highest BCUT2D eigenvalue weighted by molar-refractivity contribution is 5.91. The molecule has 0 unspecified atom stereocenters. The van der Waals surface area contributed by atoms with Crippen molar-refractivity contribution in [1.82, 2.24) is 40.4 Å². The zero-order valence-electron chi connectivity index (χ0n) is 36.4. The predicted octanol–water partition coefficient (Wildman–Crippen LogP) is 8.02. The molecule has 64 heavy (non-hydrogen) atoms. The summed E-state index contributed by atoms with van der Waals surface area (Å²) in [4.78, 5) is 76.4. The van der Waals surface area contributed by atoms with Crippen LogP contribution in [-0.4, -0.2) is 100 Å². The molecule has 4 aromatic carbocycles. The van der Waals surface area contributed by atoms with Crippen molar-refractivity contribution in [1.29, 1.82) is 0 Å². The van der Waals surface area contributed by atoms with Crippen molar-refractivity contribution < 1.29 is 28.7 Å². The molecule has 5 atom stereocenters. The molecule has 0 spiro atoms. The zero-order chi connectivity index (χ0) is 44.9. The van der Waals surface area contributed by atoms with Gasteiger partial charge in [-0.2, -0.15) is 0 Å². The summed E-state index contributed by atoms with van der Waals surface area (Å²) in [5.74, 6) is 0.942. The van der Waals surface area contributed by atoms with Crippen molar-refractivity contribution in [2.45, 2.75) is 57.3 Å². The third-order valence-electron chi connectivity index (χ3n) is 12.3.